The van der Waals surface area contributed by atoms with E-state index in [0.29, 0.717) is 17.0 Å². The SMILES string of the molecule is COc1cc(N)cc(C(=O)NCC2(O)CCC2)c1. The molecule has 1 amide bonds. The third-order valence-corrected chi connectivity index (χ3v) is 3.29. The summed E-state index contributed by atoms with van der Waals surface area (Å²) in [5.74, 6) is 0.295. The maximum atomic E-state index is 11.9. The van der Waals surface area contributed by atoms with Gasteiger partial charge in [0.25, 0.3) is 5.91 Å². The van der Waals surface area contributed by atoms with Crippen molar-refractivity contribution in [1.29, 1.82) is 0 Å². The highest BCUT2D eigenvalue weighted by Gasteiger charge is 2.34. The molecule has 0 saturated heterocycles. The lowest BCUT2D eigenvalue weighted by molar-refractivity contribution is -0.0300. The van der Waals surface area contributed by atoms with Gasteiger partial charge in [-0.1, -0.05) is 0 Å². The third kappa shape index (κ3) is 2.73. The Hall–Kier alpha value is -1.75. The van der Waals surface area contributed by atoms with Crippen LogP contribution in [0.3, 0.4) is 0 Å². The minimum Gasteiger partial charge on any atom is -0.497 e. The zero-order valence-corrected chi connectivity index (χ0v) is 10.4. The summed E-state index contributed by atoms with van der Waals surface area (Å²) in [6.45, 7) is 0.281. The molecule has 0 spiro atoms. The van der Waals surface area contributed by atoms with Gasteiger partial charge in [-0.05, 0) is 31.4 Å². The number of aliphatic hydroxyl groups is 1. The molecule has 5 heteroatoms. The summed E-state index contributed by atoms with van der Waals surface area (Å²) in [6, 6.07) is 4.86. The average molecular weight is 250 g/mol. The predicted octanol–water partition coefficient (Wildman–Crippen LogP) is 0.922. The highest BCUT2D eigenvalue weighted by atomic mass is 16.5. The third-order valence-electron chi connectivity index (χ3n) is 3.29. The molecule has 4 N–H and O–H groups in total. The van der Waals surface area contributed by atoms with Crippen molar-refractivity contribution in [3.05, 3.63) is 23.8 Å². The zero-order valence-electron chi connectivity index (χ0n) is 10.4. The molecule has 0 unspecified atom stereocenters. The van der Waals surface area contributed by atoms with Crippen molar-refractivity contribution in [2.24, 2.45) is 0 Å². The monoisotopic (exact) mass is 250 g/mol. The summed E-state index contributed by atoms with van der Waals surface area (Å²) >= 11 is 0. The second-order valence-electron chi connectivity index (χ2n) is 4.76. The molecule has 1 aromatic carbocycles. The van der Waals surface area contributed by atoms with Gasteiger partial charge in [0, 0.05) is 23.9 Å². The van der Waals surface area contributed by atoms with Gasteiger partial charge in [0.2, 0.25) is 0 Å². The van der Waals surface area contributed by atoms with Crippen molar-refractivity contribution in [1.82, 2.24) is 5.32 Å². The molecule has 2 rings (SSSR count). The largest absolute Gasteiger partial charge is 0.497 e. The lowest BCUT2D eigenvalue weighted by atomic mass is 9.80. The van der Waals surface area contributed by atoms with Gasteiger partial charge >= 0.3 is 0 Å². The number of nitrogens with one attached hydrogen (secondary N) is 1. The molecule has 98 valence electrons. The van der Waals surface area contributed by atoms with Crippen LogP contribution in [0.25, 0.3) is 0 Å². The van der Waals surface area contributed by atoms with E-state index in [2.05, 4.69) is 5.32 Å². The van der Waals surface area contributed by atoms with Crippen LogP contribution < -0.4 is 15.8 Å². The van der Waals surface area contributed by atoms with Gasteiger partial charge in [0.1, 0.15) is 5.75 Å². The van der Waals surface area contributed by atoms with E-state index in [0.717, 1.165) is 19.3 Å². The minimum atomic E-state index is -0.722. The molecule has 0 radical (unpaired) electrons. The van der Waals surface area contributed by atoms with E-state index in [9.17, 15) is 9.90 Å². The molecular formula is C13H18N2O3. The topological polar surface area (TPSA) is 84.6 Å². The molecule has 1 aliphatic carbocycles. The Labute approximate surface area is 106 Å². The minimum absolute atomic E-state index is 0.249. The van der Waals surface area contributed by atoms with E-state index in [1.54, 1.807) is 18.2 Å². The maximum absolute atomic E-state index is 11.9. The molecular weight excluding hydrogens is 232 g/mol. The van der Waals surface area contributed by atoms with E-state index in [4.69, 9.17) is 10.5 Å². The van der Waals surface area contributed by atoms with Crippen LogP contribution in [0.15, 0.2) is 18.2 Å². The van der Waals surface area contributed by atoms with Crippen LogP contribution in [0, 0.1) is 0 Å². The lowest BCUT2D eigenvalue weighted by Gasteiger charge is -2.36. The number of nitrogen functional groups attached to an aromatic ring is 1. The molecule has 0 heterocycles. The van der Waals surface area contributed by atoms with Crippen molar-refractivity contribution in [3.8, 4) is 5.75 Å². The second kappa shape index (κ2) is 4.86. The number of ether oxygens (including phenoxy) is 1. The number of carbonyl (C=O) groups is 1. The van der Waals surface area contributed by atoms with Gasteiger partial charge in [-0.3, -0.25) is 4.79 Å². The fourth-order valence-corrected chi connectivity index (χ4v) is 1.98. The summed E-state index contributed by atoms with van der Waals surface area (Å²) in [6.07, 6.45) is 2.50. The molecule has 0 bridgehead atoms. The normalized spacial score (nSPS) is 16.8. The molecule has 18 heavy (non-hydrogen) atoms. The summed E-state index contributed by atoms with van der Waals surface area (Å²) in [7, 11) is 1.52. The van der Waals surface area contributed by atoms with E-state index >= 15 is 0 Å². The quantitative estimate of drug-likeness (QED) is 0.694. The van der Waals surface area contributed by atoms with Crippen LogP contribution in [-0.2, 0) is 0 Å². The first-order valence-corrected chi connectivity index (χ1v) is 5.98. The van der Waals surface area contributed by atoms with Gasteiger partial charge < -0.3 is 20.9 Å². The maximum Gasteiger partial charge on any atom is 0.251 e. The highest BCUT2D eigenvalue weighted by molar-refractivity contribution is 5.95. The zero-order chi connectivity index (χ0) is 13.2. The van der Waals surface area contributed by atoms with Gasteiger partial charge in [-0.15, -0.1) is 0 Å². The number of hydrogen-bond acceptors (Lipinski definition) is 4. The Kier molecular flexibility index (Phi) is 3.43. The predicted molar refractivity (Wildman–Crippen MR) is 68.5 cm³/mol. The fraction of sp³-hybridized carbons (Fsp3) is 0.462. The Bertz CT molecular complexity index is 456. The van der Waals surface area contributed by atoms with Gasteiger partial charge in [0.05, 0.1) is 12.7 Å². The van der Waals surface area contributed by atoms with Crippen LogP contribution in [0.2, 0.25) is 0 Å². The number of amides is 1. The summed E-state index contributed by atoms with van der Waals surface area (Å²) < 4.78 is 5.05. The summed E-state index contributed by atoms with van der Waals surface area (Å²) in [5.41, 5.74) is 5.87. The number of hydrogen-bond donors (Lipinski definition) is 3. The first-order valence-electron chi connectivity index (χ1n) is 5.98. The first kappa shape index (κ1) is 12.7. The molecule has 1 aromatic rings. The Morgan fingerprint density at radius 2 is 2.22 bits per heavy atom. The first-order chi connectivity index (χ1) is 8.52. The highest BCUT2D eigenvalue weighted by Crippen LogP contribution is 2.30. The summed E-state index contributed by atoms with van der Waals surface area (Å²) in [5, 5.41) is 12.6. The average Bonchev–Trinajstić information content (AvgIpc) is 2.32. The molecule has 5 nitrogen and oxygen atoms in total. The van der Waals surface area contributed by atoms with Gasteiger partial charge in [0.15, 0.2) is 0 Å². The van der Waals surface area contributed by atoms with Crippen LogP contribution in [0.5, 0.6) is 5.75 Å². The number of benzene rings is 1. The molecule has 1 aliphatic rings. The summed E-state index contributed by atoms with van der Waals surface area (Å²) in [4.78, 5) is 11.9. The number of rotatable bonds is 4. The molecule has 1 fully saturated rings. The Morgan fingerprint density at radius 3 is 2.78 bits per heavy atom. The molecule has 1 saturated carbocycles. The van der Waals surface area contributed by atoms with Crippen molar-refractivity contribution in [2.45, 2.75) is 24.9 Å². The van der Waals surface area contributed by atoms with Crippen molar-refractivity contribution in [2.75, 3.05) is 19.4 Å². The van der Waals surface area contributed by atoms with Crippen molar-refractivity contribution < 1.29 is 14.6 Å². The fourth-order valence-electron chi connectivity index (χ4n) is 1.98. The number of methoxy groups -OCH3 is 1. The Balaban J connectivity index is 2.01. The molecule has 0 atom stereocenters. The number of anilines is 1. The van der Waals surface area contributed by atoms with Gasteiger partial charge in [-0.25, -0.2) is 0 Å². The molecule has 0 aliphatic heterocycles. The standard InChI is InChI=1S/C13H18N2O3/c1-18-11-6-9(5-10(14)7-11)12(16)15-8-13(17)3-2-4-13/h5-7,17H,2-4,8,14H2,1H3,(H,15,16). The second-order valence-corrected chi connectivity index (χ2v) is 4.76. The van der Waals surface area contributed by atoms with Crippen LogP contribution >= 0.6 is 0 Å². The number of nitrogens with two attached hydrogens (primary N) is 1. The number of carbonyl (C=O) groups excluding carboxylic acids is 1. The van der Waals surface area contributed by atoms with Crippen molar-refractivity contribution in [3.63, 3.8) is 0 Å². The van der Waals surface area contributed by atoms with E-state index in [1.807, 2.05) is 0 Å². The van der Waals surface area contributed by atoms with E-state index < -0.39 is 5.60 Å². The van der Waals surface area contributed by atoms with E-state index in [-0.39, 0.29) is 12.5 Å². The lowest BCUT2D eigenvalue weighted by Crippen LogP contribution is -2.47. The molecule has 0 aromatic heterocycles. The van der Waals surface area contributed by atoms with E-state index in [1.165, 1.54) is 7.11 Å². The van der Waals surface area contributed by atoms with Crippen LogP contribution in [0.1, 0.15) is 29.6 Å². The van der Waals surface area contributed by atoms with Gasteiger partial charge in [-0.2, -0.15) is 0 Å². The van der Waals surface area contributed by atoms with Crippen LogP contribution in [-0.4, -0.2) is 30.3 Å². The Morgan fingerprint density at radius 1 is 1.50 bits per heavy atom. The smallest absolute Gasteiger partial charge is 0.251 e. The van der Waals surface area contributed by atoms with Crippen molar-refractivity contribution >= 4 is 11.6 Å². The van der Waals surface area contributed by atoms with Crippen LogP contribution in [0.4, 0.5) is 5.69 Å².